The lowest BCUT2D eigenvalue weighted by Gasteiger charge is -2.10. The lowest BCUT2D eigenvalue weighted by Crippen LogP contribution is -2.36. The number of fused-ring (bicyclic) bond motifs is 1. The first-order chi connectivity index (χ1) is 14.5. The second-order valence-electron chi connectivity index (χ2n) is 6.68. The van der Waals surface area contributed by atoms with Gasteiger partial charge in [-0.1, -0.05) is 30.3 Å². The molecule has 0 bridgehead atoms. The number of hydrogen-bond donors (Lipinski definition) is 3. The van der Waals surface area contributed by atoms with Gasteiger partial charge in [0, 0.05) is 29.6 Å². The van der Waals surface area contributed by atoms with Crippen LogP contribution in [0.25, 0.3) is 20.8 Å². The third-order valence-corrected chi connectivity index (χ3v) is 5.66. The number of anilines is 1. The van der Waals surface area contributed by atoms with E-state index in [0.717, 1.165) is 26.4 Å². The molecule has 0 radical (unpaired) electrons. The van der Waals surface area contributed by atoms with Crippen LogP contribution in [0.2, 0.25) is 0 Å². The van der Waals surface area contributed by atoms with E-state index in [-0.39, 0.29) is 12.1 Å². The molecule has 2 aromatic heterocycles. The van der Waals surface area contributed by atoms with Gasteiger partial charge in [0.1, 0.15) is 5.01 Å². The van der Waals surface area contributed by atoms with E-state index in [1.165, 1.54) is 6.20 Å². The van der Waals surface area contributed by atoms with Crippen LogP contribution in [0, 0.1) is 6.92 Å². The zero-order valence-electron chi connectivity index (χ0n) is 16.1. The molecule has 8 heteroatoms. The molecule has 0 aliphatic heterocycles. The van der Waals surface area contributed by atoms with Crippen molar-refractivity contribution in [1.29, 1.82) is 0 Å². The first-order valence-corrected chi connectivity index (χ1v) is 10.1. The number of nitrogens with one attached hydrogen (secondary N) is 3. The summed E-state index contributed by atoms with van der Waals surface area (Å²) in [5.41, 5.74) is 3.18. The van der Waals surface area contributed by atoms with Gasteiger partial charge in [-0.3, -0.25) is 14.4 Å². The molecule has 150 valence electrons. The highest BCUT2D eigenvalue weighted by atomic mass is 32.1. The molecule has 2 aromatic carbocycles. The average molecular weight is 418 g/mol. The zero-order valence-corrected chi connectivity index (χ0v) is 16.9. The van der Waals surface area contributed by atoms with Crippen molar-refractivity contribution >= 4 is 39.1 Å². The monoisotopic (exact) mass is 418 g/mol. The Morgan fingerprint density at radius 1 is 1.07 bits per heavy atom. The van der Waals surface area contributed by atoms with E-state index in [0.29, 0.717) is 11.3 Å². The van der Waals surface area contributed by atoms with Gasteiger partial charge in [0.15, 0.2) is 0 Å². The van der Waals surface area contributed by atoms with Crippen molar-refractivity contribution in [2.45, 2.75) is 13.5 Å². The van der Waals surface area contributed by atoms with E-state index >= 15 is 0 Å². The van der Waals surface area contributed by atoms with E-state index in [4.69, 9.17) is 0 Å². The standard InChI is InChI=1S/C22H18N4O3S/c1-13-8-9-14(22-26-16-6-2-3-7-18(16)30-22)11-17(13)25-21(29)20(28)24-12-15-5-4-10-23-19(15)27/h2-11H,12H2,1H3,(H,23,27)(H,24,28)(H,25,29). The first-order valence-electron chi connectivity index (χ1n) is 9.23. The molecular weight excluding hydrogens is 400 g/mol. The molecule has 0 fully saturated rings. The summed E-state index contributed by atoms with van der Waals surface area (Å²) in [6, 6.07) is 16.7. The Balaban J connectivity index is 1.49. The van der Waals surface area contributed by atoms with E-state index in [9.17, 15) is 14.4 Å². The smallest absolute Gasteiger partial charge is 0.313 e. The van der Waals surface area contributed by atoms with Gasteiger partial charge in [-0.05, 0) is 36.8 Å². The van der Waals surface area contributed by atoms with E-state index < -0.39 is 11.8 Å². The molecule has 0 aliphatic carbocycles. The van der Waals surface area contributed by atoms with Crippen LogP contribution in [-0.2, 0) is 16.1 Å². The van der Waals surface area contributed by atoms with E-state index in [1.54, 1.807) is 29.5 Å². The van der Waals surface area contributed by atoms with Gasteiger partial charge in [0.25, 0.3) is 5.56 Å². The second kappa shape index (κ2) is 8.30. The van der Waals surface area contributed by atoms with Crippen molar-refractivity contribution in [3.05, 3.63) is 82.3 Å². The summed E-state index contributed by atoms with van der Waals surface area (Å²) in [5, 5.41) is 5.94. The number of aromatic amines is 1. The number of thiazole rings is 1. The van der Waals surface area contributed by atoms with Crippen molar-refractivity contribution in [2.75, 3.05) is 5.32 Å². The third-order valence-electron chi connectivity index (χ3n) is 4.57. The Morgan fingerprint density at radius 3 is 2.70 bits per heavy atom. The molecule has 4 aromatic rings. The van der Waals surface area contributed by atoms with Crippen LogP contribution in [0.15, 0.2) is 65.6 Å². The summed E-state index contributed by atoms with van der Waals surface area (Å²) in [7, 11) is 0. The fourth-order valence-corrected chi connectivity index (χ4v) is 3.88. The molecule has 0 saturated heterocycles. The van der Waals surface area contributed by atoms with Crippen molar-refractivity contribution in [3.63, 3.8) is 0 Å². The van der Waals surface area contributed by atoms with Crippen LogP contribution in [0.5, 0.6) is 0 Å². The normalized spacial score (nSPS) is 10.7. The second-order valence-corrected chi connectivity index (χ2v) is 7.71. The van der Waals surface area contributed by atoms with Crippen LogP contribution in [-0.4, -0.2) is 21.8 Å². The number of hydrogen-bond acceptors (Lipinski definition) is 5. The maximum absolute atomic E-state index is 12.3. The lowest BCUT2D eigenvalue weighted by atomic mass is 10.1. The van der Waals surface area contributed by atoms with Gasteiger partial charge >= 0.3 is 11.8 Å². The maximum atomic E-state index is 12.3. The predicted molar refractivity (Wildman–Crippen MR) is 117 cm³/mol. The zero-order chi connectivity index (χ0) is 21.1. The minimum atomic E-state index is -0.817. The summed E-state index contributed by atoms with van der Waals surface area (Å²) < 4.78 is 1.08. The average Bonchev–Trinajstić information content (AvgIpc) is 3.18. The number of para-hydroxylation sites is 1. The van der Waals surface area contributed by atoms with Crippen molar-refractivity contribution < 1.29 is 9.59 Å². The van der Waals surface area contributed by atoms with Gasteiger partial charge in [-0.15, -0.1) is 11.3 Å². The highest BCUT2D eigenvalue weighted by Crippen LogP contribution is 2.32. The Morgan fingerprint density at radius 2 is 1.90 bits per heavy atom. The number of nitrogens with zero attached hydrogens (tertiary/aromatic N) is 1. The molecule has 0 saturated carbocycles. The number of aromatic nitrogens is 2. The molecule has 3 N–H and O–H groups in total. The highest BCUT2D eigenvalue weighted by molar-refractivity contribution is 7.21. The molecule has 30 heavy (non-hydrogen) atoms. The third kappa shape index (κ3) is 4.13. The van der Waals surface area contributed by atoms with Crippen molar-refractivity contribution in [3.8, 4) is 10.6 Å². The molecule has 2 amide bonds. The van der Waals surface area contributed by atoms with Crippen LogP contribution < -0.4 is 16.2 Å². The number of pyridine rings is 1. The minimum absolute atomic E-state index is 0.0346. The highest BCUT2D eigenvalue weighted by Gasteiger charge is 2.16. The molecule has 7 nitrogen and oxygen atoms in total. The summed E-state index contributed by atoms with van der Waals surface area (Å²) in [6.45, 7) is 1.81. The number of H-pyrrole nitrogens is 1. The summed E-state index contributed by atoms with van der Waals surface area (Å²) in [4.78, 5) is 43.3. The molecule has 0 aliphatic rings. The number of amides is 2. The van der Waals surface area contributed by atoms with E-state index in [1.807, 2.05) is 43.3 Å². The number of carbonyl (C=O) groups is 2. The van der Waals surface area contributed by atoms with Crippen molar-refractivity contribution in [2.24, 2.45) is 0 Å². The largest absolute Gasteiger partial charge is 0.344 e. The summed E-state index contributed by atoms with van der Waals surface area (Å²) >= 11 is 1.56. The van der Waals surface area contributed by atoms with Crippen molar-refractivity contribution in [1.82, 2.24) is 15.3 Å². The molecular formula is C22H18N4O3S. The topological polar surface area (TPSA) is 104 Å². The number of aryl methyl sites for hydroxylation is 1. The van der Waals surface area contributed by atoms with Gasteiger partial charge in [0.2, 0.25) is 0 Å². The first kappa shape index (κ1) is 19.5. The Kier molecular flexibility index (Phi) is 5.40. The Bertz CT molecular complexity index is 1280. The molecule has 4 rings (SSSR count). The van der Waals surface area contributed by atoms with Gasteiger partial charge < -0.3 is 15.6 Å². The van der Waals surface area contributed by atoms with Crippen LogP contribution in [0.1, 0.15) is 11.1 Å². The molecule has 2 heterocycles. The minimum Gasteiger partial charge on any atom is -0.344 e. The fraction of sp³-hybridized carbons (Fsp3) is 0.0909. The van der Waals surface area contributed by atoms with Gasteiger partial charge in [-0.2, -0.15) is 0 Å². The quantitative estimate of drug-likeness (QED) is 0.443. The van der Waals surface area contributed by atoms with Crippen LogP contribution in [0.4, 0.5) is 5.69 Å². The molecule has 0 spiro atoms. The Labute approximate surface area is 175 Å². The number of rotatable bonds is 4. The summed E-state index contributed by atoms with van der Waals surface area (Å²) in [5.74, 6) is -1.62. The number of benzene rings is 2. The number of carbonyl (C=O) groups excluding carboxylic acids is 2. The maximum Gasteiger partial charge on any atom is 0.313 e. The molecule has 0 atom stereocenters. The van der Waals surface area contributed by atoms with Crippen LogP contribution in [0.3, 0.4) is 0 Å². The van der Waals surface area contributed by atoms with E-state index in [2.05, 4.69) is 20.6 Å². The van der Waals surface area contributed by atoms with Gasteiger partial charge in [-0.25, -0.2) is 4.98 Å². The SMILES string of the molecule is Cc1ccc(-c2nc3ccccc3s2)cc1NC(=O)C(=O)NCc1ccc[nH]c1=O. The summed E-state index contributed by atoms with van der Waals surface area (Å²) in [6.07, 6.45) is 1.50. The van der Waals surface area contributed by atoms with Crippen LogP contribution >= 0.6 is 11.3 Å². The Hall–Kier alpha value is -3.78. The van der Waals surface area contributed by atoms with Gasteiger partial charge in [0.05, 0.1) is 10.2 Å². The lowest BCUT2D eigenvalue weighted by molar-refractivity contribution is -0.136. The molecule has 0 unspecified atom stereocenters. The predicted octanol–water partition coefficient (Wildman–Crippen LogP) is 3.21. The fourth-order valence-electron chi connectivity index (χ4n) is 2.92.